The topological polar surface area (TPSA) is 70.7 Å². The molecule has 0 unspecified atom stereocenters. The van der Waals surface area contributed by atoms with Crippen LogP contribution in [0.5, 0.6) is 0 Å². The number of hydrogen-bond acceptors (Lipinski definition) is 3. The van der Waals surface area contributed by atoms with Crippen LogP contribution >= 0.6 is 0 Å². The van der Waals surface area contributed by atoms with Crippen LogP contribution in [0.4, 0.5) is 5.82 Å². The van der Waals surface area contributed by atoms with Crippen molar-refractivity contribution in [3.63, 3.8) is 0 Å². The lowest BCUT2D eigenvalue weighted by Crippen LogP contribution is -2.15. The molecule has 5 heteroatoms. The molecule has 0 atom stereocenters. The van der Waals surface area contributed by atoms with E-state index in [-0.39, 0.29) is 5.91 Å². The van der Waals surface area contributed by atoms with Crippen molar-refractivity contribution in [1.82, 2.24) is 15.2 Å². The van der Waals surface area contributed by atoms with Crippen molar-refractivity contribution in [2.45, 2.75) is 6.42 Å². The summed E-state index contributed by atoms with van der Waals surface area (Å²) < 4.78 is 0. The molecular weight excluding hydrogens is 240 g/mol. The Morgan fingerprint density at radius 2 is 2.11 bits per heavy atom. The van der Waals surface area contributed by atoms with Gasteiger partial charge in [0.1, 0.15) is 0 Å². The summed E-state index contributed by atoms with van der Waals surface area (Å²) in [5.41, 5.74) is 2.00. The summed E-state index contributed by atoms with van der Waals surface area (Å²) in [6.45, 7) is 0. The summed E-state index contributed by atoms with van der Waals surface area (Å²) in [6.07, 6.45) is 3.73. The van der Waals surface area contributed by atoms with Crippen molar-refractivity contribution < 1.29 is 4.79 Å². The number of carbonyl (C=O) groups excluding carboxylic acids is 1. The molecule has 0 saturated heterocycles. The Labute approximate surface area is 109 Å². The van der Waals surface area contributed by atoms with Gasteiger partial charge in [-0.15, -0.1) is 5.10 Å². The number of para-hydroxylation sites is 1. The van der Waals surface area contributed by atoms with E-state index in [4.69, 9.17) is 0 Å². The minimum atomic E-state index is -0.106. The monoisotopic (exact) mass is 252 g/mol. The maximum atomic E-state index is 11.9. The molecule has 1 aromatic carbocycles. The number of nitrogens with one attached hydrogen (secondary N) is 2. The maximum absolute atomic E-state index is 11.9. The van der Waals surface area contributed by atoms with Crippen LogP contribution in [0.25, 0.3) is 10.9 Å². The van der Waals surface area contributed by atoms with Gasteiger partial charge in [0.05, 0.1) is 6.42 Å². The zero-order valence-corrected chi connectivity index (χ0v) is 10.1. The van der Waals surface area contributed by atoms with E-state index in [0.29, 0.717) is 12.2 Å². The molecule has 3 aromatic rings. The maximum Gasteiger partial charge on any atom is 0.230 e. The number of carbonyl (C=O) groups is 1. The molecule has 2 aromatic heterocycles. The smallest absolute Gasteiger partial charge is 0.230 e. The van der Waals surface area contributed by atoms with Gasteiger partial charge in [-0.3, -0.25) is 4.79 Å². The highest BCUT2D eigenvalue weighted by atomic mass is 16.1. The van der Waals surface area contributed by atoms with Crippen LogP contribution in [0.2, 0.25) is 0 Å². The molecule has 0 aliphatic heterocycles. The molecule has 0 aliphatic carbocycles. The van der Waals surface area contributed by atoms with Crippen molar-refractivity contribution in [1.29, 1.82) is 0 Å². The summed E-state index contributed by atoms with van der Waals surface area (Å²) >= 11 is 0. The van der Waals surface area contributed by atoms with E-state index in [1.54, 1.807) is 18.3 Å². The van der Waals surface area contributed by atoms with Crippen LogP contribution < -0.4 is 5.32 Å². The minimum Gasteiger partial charge on any atom is -0.361 e. The molecule has 5 nitrogen and oxygen atoms in total. The van der Waals surface area contributed by atoms with Crippen LogP contribution in [0, 0.1) is 0 Å². The van der Waals surface area contributed by atoms with Gasteiger partial charge in [-0.05, 0) is 23.8 Å². The lowest BCUT2D eigenvalue weighted by molar-refractivity contribution is -0.115. The van der Waals surface area contributed by atoms with Gasteiger partial charge in [0, 0.05) is 23.3 Å². The first-order valence-electron chi connectivity index (χ1n) is 5.95. The fraction of sp³-hybridized carbons (Fsp3) is 0.0714. The Balaban J connectivity index is 1.76. The summed E-state index contributed by atoms with van der Waals surface area (Å²) in [6, 6.07) is 11.3. The number of nitrogens with zero attached hydrogens (tertiary/aromatic N) is 2. The van der Waals surface area contributed by atoms with Gasteiger partial charge in [0.25, 0.3) is 0 Å². The van der Waals surface area contributed by atoms with Gasteiger partial charge in [0.2, 0.25) is 5.91 Å². The number of benzene rings is 1. The standard InChI is InChI=1S/C14H12N4O/c19-14(17-13-6-3-7-16-18-13)8-10-9-15-12-5-2-1-4-11(10)12/h1-7,9,15H,8H2,(H,17,18,19). The molecule has 0 spiro atoms. The average molecular weight is 252 g/mol. The quantitative estimate of drug-likeness (QED) is 0.750. The van der Waals surface area contributed by atoms with E-state index in [1.165, 1.54) is 0 Å². The van der Waals surface area contributed by atoms with Crippen molar-refractivity contribution in [3.8, 4) is 0 Å². The number of hydrogen-bond donors (Lipinski definition) is 2. The van der Waals surface area contributed by atoms with Gasteiger partial charge in [-0.25, -0.2) is 0 Å². The van der Waals surface area contributed by atoms with Gasteiger partial charge < -0.3 is 10.3 Å². The molecule has 0 fully saturated rings. The molecule has 3 rings (SSSR count). The fourth-order valence-corrected chi connectivity index (χ4v) is 2.01. The van der Waals surface area contributed by atoms with Crippen molar-refractivity contribution in [3.05, 3.63) is 54.4 Å². The number of aromatic nitrogens is 3. The second kappa shape index (κ2) is 4.89. The summed E-state index contributed by atoms with van der Waals surface area (Å²) in [7, 11) is 0. The van der Waals surface area contributed by atoms with E-state index >= 15 is 0 Å². The highest BCUT2D eigenvalue weighted by molar-refractivity contribution is 5.95. The first kappa shape index (κ1) is 11.4. The Bertz CT molecular complexity index is 706. The lowest BCUT2D eigenvalue weighted by Gasteiger charge is -2.02. The van der Waals surface area contributed by atoms with E-state index in [2.05, 4.69) is 20.5 Å². The van der Waals surface area contributed by atoms with Gasteiger partial charge in [-0.1, -0.05) is 18.2 Å². The molecule has 0 bridgehead atoms. The predicted octanol–water partition coefficient (Wildman–Crippen LogP) is 2.14. The van der Waals surface area contributed by atoms with Gasteiger partial charge in [-0.2, -0.15) is 5.10 Å². The van der Waals surface area contributed by atoms with E-state index < -0.39 is 0 Å². The first-order chi connectivity index (χ1) is 9.33. The Morgan fingerprint density at radius 1 is 1.21 bits per heavy atom. The number of H-pyrrole nitrogens is 1. The van der Waals surface area contributed by atoms with E-state index in [1.807, 2.05) is 30.5 Å². The van der Waals surface area contributed by atoms with Gasteiger partial charge >= 0.3 is 0 Å². The third kappa shape index (κ3) is 2.44. The minimum absolute atomic E-state index is 0.106. The predicted molar refractivity (Wildman–Crippen MR) is 72.7 cm³/mol. The van der Waals surface area contributed by atoms with Crippen LogP contribution in [0.3, 0.4) is 0 Å². The third-order valence-electron chi connectivity index (χ3n) is 2.87. The zero-order valence-electron chi connectivity index (χ0n) is 10.1. The Kier molecular flexibility index (Phi) is 2.94. The van der Waals surface area contributed by atoms with Crippen LogP contribution in [0.1, 0.15) is 5.56 Å². The van der Waals surface area contributed by atoms with Crippen LogP contribution in [0.15, 0.2) is 48.8 Å². The molecular formula is C14H12N4O. The molecule has 94 valence electrons. The van der Waals surface area contributed by atoms with Crippen molar-refractivity contribution in [2.24, 2.45) is 0 Å². The molecule has 19 heavy (non-hydrogen) atoms. The van der Waals surface area contributed by atoms with E-state index in [0.717, 1.165) is 16.5 Å². The highest BCUT2D eigenvalue weighted by Gasteiger charge is 2.09. The normalized spacial score (nSPS) is 10.5. The number of anilines is 1. The number of rotatable bonds is 3. The Hall–Kier alpha value is -2.69. The third-order valence-corrected chi connectivity index (χ3v) is 2.87. The molecule has 0 radical (unpaired) electrons. The largest absolute Gasteiger partial charge is 0.361 e. The second-order valence-electron chi connectivity index (χ2n) is 4.19. The Morgan fingerprint density at radius 3 is 2.95 bits per heavy atom. The summed E-state index contributed by atoms with van der Waals surface area (Å²) in [5, 5.41) is 11.3. The average Bonchev–Trinajstić information content (AvgIpc) is 2.83. The molecule has 2 N–H and O–H groups in total. The second-order valence-corrected chi connectivity index (χ2v) is 4.19. The first-order valence-corrected chi connectivity index (χ1v) is 5.95. The number of amides is 1. The van der Waals surface area contributed by atoms with Gasteiger partial charge in [0.15, 0.2) is 5.82 Å². The van der Waals surface area contributed by atoms with E-state index in [9.17, 15) is 4.79 Å². The highest BCUT2D eigenvalue weighted by Crippen LogP contribution is 2.18. The SMILES string of the molecule is O=C(Cc1c[nH]c2ccccc12)Nc1cccnn1. The van der Waals surface area contributed by atoms with Crippen molar-refractivity contribution >= 4 is 22.6 Å². The number of fused-ring (bicyclic) bond motifs is 1. The van der Waals surface area contributed by atoms with Crippen LogP contribution in [-0.4, -0.2) is 21.1 Å². The molecule has 0 aliphatic rings. The van der Waals surface area contributed by atoms with Crippen molar-refractivity contribution in [2.75, 3.05) is 5.32 Å². The molecule has 2 heterocycles. The molecule has 0 saturated carbocycles. The fourth-order valence-electron chi connectivity index (χ4n) is 2.01. The number of aromatic amines is 1. The molecule has 1 amide bonds. The summed E-state index contributed by atoms with van der Waals surface area (Å²) in [4.78, 5) is 15.1. The zero-order chi connectivity index (χ0) is 13.1. The van der Waals surface area contributed by atoms with Crippen LogP contribution in [-0.2, 0) is 11.2 Å². The summed E-state index contributed by atoms with van der Waals surface area (Å²) in [5.74, 6) is 0.359. The lowest BCUT2D eigenvalue weighted by atomic mass is 10.1.